The van der Waals surface area contributed by atoms with Crippen LogP contribution < -0.4 is 10.1 Å². The van der Waals surface area contributed by atoms with Gasteiger partial charge in [-0.1, -0.05) is 42.5 Å². The highest BCUT2D eigenvalue weighted by Gasteiger charge is 2.05. The van der Waals surface area contributed by atoms with Crippen molar-refractivity contribution in [3.8, 4) is 17.1 Å². The van der Waals surface area contributed by atoms with E-state index in [0.29, 0.717) is 18.7 Å². The van der Waals surface area contributed by atoms with Crippen LogP contribution in [0.4, 0.5) is 0 Å². The summed E-state index contributed by atoms with van der Waals surface area (Å²) in [7, 11) is 0. The maximum Gasteiger partial charge on any atom is 0.257 e. The molecule has 0 saturated heterocycles. The summed E-state index contributed by atoms with van der Waals surface area (Å²) in [4.78, 5) is 19.5. The molecule has 5 nitrogen and oxygen atoms in total. The number of rotatable bonds is 7. The lowest BCUT2D eigenvalue weighted by molar-refractivity contribution is -0.123. The summed E-state index contributed by atoms with van der Waals surface area (Å²) in [5, 5.41) is 2.85. The van der Waals surface area contributed by atoms with Crippen LogP contribution in [0.15, 0.2) is 60.8 Å². The number of H-pyrrole nitrogens is 1. The maximum atomic E-state index is 11.9. The van der Waals surface area contributed by atoms with Gasteiger partial charge in [-0.15, -0.1) is 0 Å². The van der Waals surface area contributed by atoms with Gasteiger partial charge in [0.15, 0.2) is 6.61 Å². The molecule has 0 aliphatic carbocycles. The van der Waals surface area contributed by atoms with Crippen molar-refractivity contribution in [2.24, 2.45) is 0 Å². The molecule has 1 heterocycles. The van der Waals surface area contributed by atoms with Gasteiger partial charge in [0.2, 0.25) is 0 Å². The monoisotopic (exact) mass is 335 g/mol. The zero-order chi connectivity index (χ0) is 17.5. The predicted molar refractivity (Wildman–Crippen MR) is 97.4 cm³/mol. The molecule has 0 aliphatic rings. The largest absolute Gasteiger partial charge is 0.484 e. The molecule has 0 bridgehead atoms. The first kappa shape index (κ1) is 16.8. The first-order valence-corrected chi connectivity index (χ1v) is 8.26. The predicted octanol–water partition coefficient (Wildman–Crippen LogP) is 3.12. The van der Waals surface area contributed by atoms with Crippen LogP contribution in [0.5, 0.6) is 5.75 Å². The Labute approximate surface area is 147 Å². The molecule has 25 heavy (non-hydrogen) atoms. The minimum Gasteiger partial charge on any atom is -0.484 e. The zero-order valence-electron chi connectivity index (χ0n) is 14.2. The summed E-state index contributed by atoms with van der Waals surface area (Å²) in [5.41, 5.74) is 3.13. The molecule has 128 valence electrons. The van der Waals surface area contributed by atoms with Crippen molar-refractivity contribution in [2.75, 3.05) is 13.2 Å². The minimum absolute atomic E-state index is 0.0156. The van der Waals surface area contributed by atoms with Gasteiger partial charge in [-0.05, 0) is 24.6 Å². The van der Waals surface area contributed by atoms with Gasteiger partial charge < -0.3 is 15.0 Å². The normalized spacial score (nSPS) is 10.4. The molecule has 0 spiro atoms. The highest BCUT2D eigenvalue weighted by Crippen LogP contribution is 2.15. The summed E-state index contributed by atoms with van der Waals surface area (Å²) >= 11 is 0. The third kappa shape index (κ3) is 4.94. The smallest absolute Gasteiger partial charge is 0.257 e. The van der Waals surface area contributed by atoms with E-state index < -0.39 is 0 Å². The van der Waals surface area contributed by atoms with Gasteiger partial charge in [0, 0.05) is 30.4 Å². The fraction of sp³-hybridized carbons (Fsp3) is 0.200. The molecular weight excluding hydrogens is 314 g/mol. The van der Waals surface area contributed by atoms with Gasteiger partial charge in [-0.2, -0.15) is 0 Å². The Morgan fingerprint density at radius 2 is 2.00 bits per heavy atom. The fourth-order valence-electron chi connectivity index (χ4n) is 2.47. The molecule has 2 N–H and O–H groups in total. The van der Waals surface area contributed by atoms with Crippen LogP contribution in [0, 0.1) is 6.92 Å². The molecule has 0 atom stereocenters. The molecule has 0 saturated carbocycles. The van der Waals surface area contributed by atoms with Crippen LogP contribution in [-0.4, -0.2) is 29.0 Å². The van der Waals surface area contributed by atoms with Crippen molar-refractivity contribution in [3.05, 3.63) is 72.1 Å². The molecule has 1 amide bonds. The van der Waals surface area contributed by atoms with E-state index in [2.05, 4.69) is 15.3 Å². The Bertz CT molecular complexity index is 828. The number of nitrogens with one attached hydrogen (secondary N) is 2. The standard InChI is InChI=1S/C20H21N3O2/c1-15-6-5-9-18(12-15)25-14-19(24)21-11-10-17-13-22-20(23-17)16-7-3-2-4-8-16/h2-9,12-13H,10-11,14H2,1H3,(H,21,24)(H,22,23). The number of benzene rings is 2. The van der Waals surface area contributed by atoms with Gasteiger partial charge in [-0.3, -0.25) is 4.79 Å². The number of aryl methyl sites for hydroxylation is 1. The molecule has 2 aromatic carbocycles. The van der Waals surface area contributed by atoms with Crippen molar-refractivity contribution >= 4 is 5.91 Å². The number of carbonyl (C=O) groups excluding carboxylic acids is 1. The Balaban J connectivity index is 1.42. The summed E-state index contributed by atoms with van der Waals surface area (Å²) < 4.78 is 5.48. The Hall–Kier alpha value is -3.08. The lowest BCUT2D eigenvalue weighted by atomic mass is 10.2. The van der Waals surface area contributed by atoms with Gasteiger partial charge in [0.1, 0.15) is 11.6 Å². The number of hydrogen-bond donors (Lipinski definition) is 2. The highest BCUT2D eigenvalue weighted by molar-refractivity contribution is 5.77. The molecule has 3 aromatic rings. The number of aromatic amines is 1. The second-order valence-electron chi connectivity index (χ2n) is 5.83. The number of amides is 1. The Kier molecular flexibility index (Phi) is 5.46. The Morgan fingerprint density at radius 3 is 2.80 bits per heavy atom. The molecule has 1 aromatic heterocycles. The topological polar surface area (TPSA) is 67.0 Å². The molecule has 0 fully saturated rings. The SMILES string of the molecule is Cc1cccc(OCC(=O)NCCc2cnc(-c3ccccc3)[nH]2)c1. The summed E-state index contributed by atoms with van der Waals surface area (Å²) in [6.45, 7) is 2.54. The van der Waals surface area contributed by atoms with Crippen molar-refractivity contribution in [1.82, 2.24) is 15.3 Å². The summed E-state index contributed by atoms with van der Waals surface area (Å²) in [6.07, 6.45) is 2.49. The molecule has 0 radical (unpaired) electrons. The Morgan fingerprint density at radius 1 is 1.16 bits per heavy atom. The third-order valence-corrected chi connectivity index (χ3v) is 3.75. The van der Waals surface area contributed by atoms with Crippen LogP contribution in [0.1, 0.15) is 11.3 Å². The minimum atomic E-state index is -0.135. The molecule has 5 heteroatoms. The van der Waals surface area contributed by atoms with E-state index in [1.54, 1.807) is 6.20 Å². The number of ether oxygens (including phenoxy) is 1. The van der Waals surface area contributed by atoms with E-state index in [1.165, 1.54) is 0 Å². The van der Waals surface area contributed by atoms with E-state index >= 15 is 0 Å². The zero-order valence-corrected chi connectivity index (χ0v) is 14.2. The van der Waals surface area contributed by atoms with E-state index in [4.69, 9.17) is 4.74 Å². The van der Waals surface area contributed by atoms with Crippen molar-refractivity contribution in [2.45, 2.75) is 13.3 Å². The summed E-state index contributed by atoms with van der Waals surface area (Å²) in [6, 6.07) is 17.6. The lowest BCUT2D eigenvalue weighted by Crippen LogP contribution is -2.30. The first-order chi connectivity index (χ1) is 12.2. The fourth-order valence-corrected chi connectivity index (χ4v) is 2.47. The second kappa shape index (κ2) is 8.15. The molecule has 0 unspecified atom stereocenters. The number of hydrogen-bond acceptors (Lipinski definition) is 3. The molecule has 0 aliphatic heterocycles. The third-order valence-electron chi connectivity index (χ3n) is 3.75. The van der Waals surface area contributed by atoms with Crippen LogP contribution in [0.3, 0.4) is 0 Å². The van der Waals surface area contributed by atoms with Crippen LogP contribution >= 0.6 is 0 Å². The van der Waals surface area contributed by atoms with Crippen molar-refractivity contribution < 1.29 is 9.53 Å². The number of aromatic nitrogens is 2. The number of carbonyl (C=O) groups is 1. The van der Waals surface area contributed by atoms with Gasteiger partial charge in [0.05, 0.1) is 0 Å². The van der Waals surface area contributed by atoms with E-state index in [1.807, 2.05) is 61.5 Å². The first-order valence-electron chi connectivity index (χ1n) is 8.26. The van der Waals surface area contributed by atoms with Gasteiger partial charge in [-0.25, -0.2) is 4.98 Å². The van der Waals surface area contributed by atoms with E-state index in [9.17, 15) is 4.79 Å². The second-order valence-corrected chi connectivity index (χ2v) is 5.83. The van der Waals surface area contributed by atoms with Crippen LogP contribution in [0.2, 0.25) is 0 Å². The van der Waals surface area contributed by atoms with E-state index in [0.717, 1.165) is 22.6 Å². The lowest BCUT2D eigenvalue weighted by Gasteiger charge is -2.07. The van der Waals surface area contributed by atoms with Crippen molar-refractivity contribution in [1.29, 1.82) is 0 Å². The van der Waals surface area contributed by atoms with Crippen molar-refractivity contribution in [3.63, 3.8) is 0 Å². The molecule has 3 rings (SSSR count). The number of imidazole rings is 1. The van der Waals surface area contributed by atoms with Crippen LogP contribution in [-0.2, 0) is 11.2 Å². The summed E-state index contributed by atoms with van der Waals surface area (Å²) in [5.74, 6) is 1.41. The molecular formula is C20H21N3O2. The number of nitrogens with zero attached hydrogens (tertiary/aromatic N) is 1. The van der Waals surface area contributed by atoms with Crippen LogP contribution in [0.25, 0.3) is 11.4 Å². The van der Waals surface area contributed by atoms with Gasteiger partial charge >= 0.3 is 0 Å². The van der Waals surface area contributed by atoms with E-state index in [-0.39, 0.29) is 12.5 Å². The average molecular weight is 335 g/mol. The maximum absolute atomic E-state index is 11.9. The van der Waals surface area contributed by atoms with Gasteiger partial charge in [0.25, 0.3) is 5.91 Å². The average Bonchev–Trinajstić information content (AvgIpc) is 3.10. The quantitative estimate of drug-likeness (QED) is 0.697. The highest BCUT2D eigenvalue weighted by atomic mass is 16.5.